The summed E-state index contributed by atoms with van der Waals surface area (Å²) >= 11 is 0. The molecule has 1 unspecified atom stereocenters. The van der Waals surface area contributed by atoms with E-state index in [2.05, 4.69) is 29.5 Å². The number of sulfonamides is 1. The van der Waals surface area contributed by atoms with Crippen molar-refractivity contribution in [2.75, 3.05) is 13.6 Å². The number of nitrogens with one attached hydrogen (secondary N) is 2. The molecular formula is C17H31IN4O2S. The first-order chi connectivity index (χ1) is 11.4. The average Bonchev–Trinajstić information content (AvgIpc) is 2.57. The molecule has 8 heteroatoms. The van der Waals surface area contributed by atoms with E-state index in [4.69, 9.17) is 5.14 Å². The van der Waals surface area contributed by atoms with Gasteiger partial charge in [-0.05, 0) is 30.0 Å². The van der Waals surface area contributed by atoms with Crippen molar-refractivity contribution >= 4 is 40.0 Å². The zero-order valence-electron chi connectivity index (χ0n) is 15.3. The van der Waals surface area contributed by atoms with Crippen LogP contribution in [0.5, 0.6) is 0 Å². The Balaban J connectivity index is 0.00000576. The summed E-state index contributed by atoms with van der Waals surface area (Å²) in [6.07, 6.45) is 4.85. The predicted molar refractivity (Wildman–Crippen MR) is 115 cm³/mol. The highest BCUT2D eigenvalue weighted by Gasteiger charge is 2.08. The van der Waals surface area contributed by atoms with E-state index in [-0.39, 0.29) is 28.9 Å². The molecule has 0 aliphatic heterocycles. The Morgan fingerprint density at radius 3 is 2.32 bits per heavy atom. The zero-order chi connectivity index (χ0) is 18.0. The number of hydrogen-bond acceptors (Lipinski definition) is 3. The van der Waals surface area contributed by atoms with Gasteiger partial charge in [0.1, 0.15) is 0 Å². The van der Waals surface area contributed by atoms with Gasteiger partial charge in [-0.2, -0.15) is 0 Å². The van der Waals surface area contributed by atoms with Crippen molar-refractivity contribution in [3.8, 4) is 0 Å². The number of halogens is 1. The van der Waals surface area contributed by atoms with E-state index in [1.54, 1.807) is 19.2 Å². The van der Waals surface area contributed by atoms with Gasteiger partial charge >= 0.3 is 0 Å². The molecule has 0 aliphatic carbocycles. The van der Waals surface area contributed by atoms with Crippen molar-refractivity contribution in [1.82, 2.24) is 10.6 Å². The Labute approximate surface area is 169 Å². The fraction of sp³-hybridized carbons (Fsp3) is 0.588. The Morgan fingerprint density at radius 1 is 1.20 bits per heavy atom. The van der Waals surface area contributed by atoms with Crippen LogP contribution in [-0.2, 0) is 16.6 Å². The number of unbranched alkanes of at least 4 members (excludes halogenated alkanes) is 1. The molecular weight excluding hydrogens is 451 g/mol. The summed E-state index contributed by atoms with van der Waals surface area (Å²) in [7, 11) is -1.90. The topological polar surface area (TPSA) is 96.6 Å². The zero-order valence-corrected chi connectivity index (χ0v) is 18.4. The van der Waals surface area contributed by atoms with Crippen LogP contribution in [0.2, 0.25) is 0 Å². The van der Waals surface area contributed by atoms with Gasteiger partial charge in [-0.15, -0.1) is 24.0 Å². The molecule has 0 fully saturated rings. The molecule has 1 aromatic rings. The number of guanidine groups is 1. The van der Waals surface area contributed by atoms with Crippen LogP contribution < -0.4 is 15.8 Å². The van der Waals surface area contributed by atoms with Gasteiger partial charge in [0.05, 0.1) is 4.90 Å². The fourth-order valence-electron chi connectivity index (χ4n) is 2.39. The van der Waals surface area contributed by atoms with Crippen molar-refractivity contribution in [3.05, 3.63) is 29.8 Å². The summed E-state index contributed by atoms with van der Waals surface area (Å²) in [4.78, 5) is 4.35. The van der Waals surface area contributed by atoms with Crippen LogP contribution >= 0.6 is 24.0 Å². The molecule has 1 rings (SSSR count). The second-order valence-corrected chi connectivity index (χ2v) is 7.47. The number of nitrogens with two attached hydrogens (primary N) is 1. The Morgan fingerprint density at radius 2 is 1.84 bits per heavy atom. The SMILES string of the molecule is CCCCC(CC)CNC(=NC)NCc1ccc(S(N)(=O)=O)cc1.I. The molecule has 1 atom stereocenters. The number of aliphatic imine (C=N–C) groups is 1. The van der Waals surface area contributed by atoms with E-state index in [1.165, 1.54) is 31.4 Å². The second-order valence-electron chi connectivity index (χ2n) is 5.91. The van der Waals surface area contributed by atoms with E-state index in [0.717, 1.165) is 24.5 Å². The van der Waals surface area contributed by atoms with Gasteiger partial charge in [0.15, 0.2) is 5.96 Å². The van der Waals surface area contributed by atoms with Crippen LogP contribution in [0.1, 0.15) is 45.1 Å². The molecule has 0 amide bonds. The lowest BCUT2D eigenvalue weighted by atomic mass is 9.99. The van der Waals surface area contributed by atoms with Gasteiger partial charge in [-0.25, -0.2) is 13.6 Å². The highest BCUT2D eigenvalue weighted by Crippen LogP contribution is 2.11. The van der Waals surface area contributed by atoms with E-state index >= 15 is 0 Å². The monoisotopic (exact) mass is 482 g/mol. The molecule has 0 bridgehead atoms. The predicted octanol–water partition coefficient (Wildman–Crippen LogP) is 2.83. The molecule has 144 valence electrons. The summed E-state index contributed by atoms with van der Waals surface area (Å²) in [5.74, 6) is 1.40. The maximum Gasteiger partial charge on any atom is 0.238 e. The third kappa shape index (κ3) is 9.41. The first-order valence-corrected chi connectivity index (χ1v) is 10.0. The first kappa shape index (κ1) is 24.1. The largest absolute Gasteiger partial charge is 0.356 e. The van der Waals surface area contributed by atoms with Crippen molar-refractivity contribution in [1.29, 1.82) is 0 Å². The maximum absolute atomic E-state index is 11.2. The minimum atomic E-state index is -3.64. The molecule has 0 saturated carbocycles. The number of nitrogens with zero attached hydrogens (tertiary/aromatic N) is 1. The van der Waals surface area contributed by atoms with Crippen molar-refractivity contribution in [3.63, 3.8) is 0 Å². The Hall–Kier alpha value is -0.870. The van der Waals surface area contributed by atoms with Crippen LogP contribution in [0.15, 0.2) is 34.2 Å². The minimum absolute atomic E-state index is 0. The number of rotatable bonds is 9. The molecule has 6 nitrogen and oxygen atoms in total. The normalized spacial score (nSPS) is 13.0. The van der Waals surface area contributed by atoms with E-state index in [1.807, 2.05) is 0 Å². The van der Waals surface area contributed by atoms with Crippen LogP contribution in [0.25, 0.3) is 0 Å². The highest BCUT2D eigenvalue weighted by atomic mass is 127. The quantitative estimate of drug-likeness (QED) is 0.287. The maximum atomic E-state index is 11.2. The lowest BCUT2D eigenvalue weighted by Gasteiger charge is -2.18. The summed E-state index contributed by atoms with van der Waals surface area (Å²) in [6, 6.07) is 6.52. The molecule has 0 heterocycles. The van der Waals surface area contributed by atoms with Gasteiger partial charge in [0.2, 0.25) is 10.0 Å². The van der Waals surface area contributed by atoms with E-state index in [9.17, 15) is 8.42 Å². The van der Waals surface area contributed by atoms with Gasteiger partial charge in [0, 0.05) is 20.1 Å². The average molecular weight is 482 g/mol. The lowest BCUT2D eigenvalue weighted by molar-refractivity contribution is 0.443. The third-order valence-electron chi connectivity index (χ3n) is 4.04. The molecule has 1 aromatic carbocycles. The van der Waals surface area contributed by atoms with Crippen LogP contribution in [-0.4, -0.2) is 28.0 Å². The smallest absolute Gasteiger partial charge is 0.238 e. The molecule has 4 N–H and O–H groups in total. The molecule has 0 spiro atoms. The van der Waals surface area contributed by atoms with Gasteiger partial charge < -0.3 is 10.6 Å². The van der Waals surface area contributed by atoms with Crippen LogP contribution in [0.3, 0.4) is 0 Å². The van der Waals surface area contributed by atoms with E-state index < -0.39 is 10.0 Å². The van der Waals surface area contributed by atoms with Gasteiger partial charge in [-0.3, -0.25) is 4.99 Å². The molecule has 0 saturated heterocycles. The van der Waals surface area contributed by atoms with Gasteiger partial charge in [-0.1, -0.05) is 45.2 Å². The van der Waals surface area contributed by atoms with Crippen molar-refractivity contribution in [2.24, 2.45) is 16.0 Å². The van der Waals surface area contributed by atoms with Crippen molar-refractivity contribution in [2.45, 2.75) is 51.0 Å². The third-order valence-corrected chi connectivity index (χ3v) is 4.97. The fourth-order valence-corrected chi connectivity index (χ4v) is 2.90. The van der Waals surface area contributed by atoms with Gasteiger partial charge in [0.25, 0.3) is 0 Å². The summed E-state index contributed by atoms with van der Waals surface area (Å²) in [5, 5.41) is 11.7. The lowest BCUT2D eigenvalue weighted by Crippen LogP contribution is -2.39. The van der Waals surface area contributed by atoms with Crippen LogP contribution in [0, 0.1) is 5.92 Å². The van der Waals surface area contributed by atoms with E-state index in [0.29, 0.717) is 12.5 Å². The summed E-state index contributed by atoms with van der Waals surface area (Å²) in [6.45, 7) is 5.89. The number of hydrogen-bond donors (Lipinski definition) is 3. The second kappa shape index (κ2) is 12.5. The number of benzene rings is 1. The summed E-state index contributed by atoms with van der Waals surface area (Å²) < 4.78 is 22.5. The molecule has 0 radical (unpaired) electrons. The van der Waals surface area contributed by atoms with Crippen molar-refractivity contribution < 1.29 is 8.42 Å². The van der Waals surface area contributed by atoms with Crippen LogP contribution in [0.4, 0.5) is 0 Å². The number of primary sulfonamides is 1. The summed E-state index contributed by atoms with van der Waals surface area (Å²) in [5.41, 5.74) is 0.961. The first-order valence-electron chi connectivity index (χ1n) is 8.46. The Kier molecular flexibility index (Phi) is 12.0. The standard InChI is InChI=1S/C17H30N4O2S.HI/c1-4-6-7-14(5-2)12-20-17(19-3)21-13-15-8-10-16(11-9-15)24(18,22)23;/h8-11,14H,4-7,12-13H2,1-3H3,(H2,18,22,23)(H2,19,20,21);1H. The Bertz CT molecular complexity index is 618. The molecule has 0 aliphatic rings. The highest BCUT2D eigenvalue weighted by molar-refractivity contribution is 14.0. The molecule has 25 heavy (non-hydrogen) atoms. The minimum Gasteiger partial charge on any atom is -0.356 e. The molecule has 0 aromatic heterocycles.